The third-order valence-electron chi connectivity index (χ3n) is 4.69. The van der Waals surface area contributed by atoms with Gasteiger partial charge in [-0.2, -0.15) is 0 Å². The largest absolute Gasteiger partial charge is 0.494 e. The Kier molecular flexibility index (Phi) is 6.60. The molecule has 0 N–H and O–H groups in total. The second-order valence-electron chi connectivity index (χ2n) is 6.78. The molecule has 1 aromatic carbocycles. The van der Waals surface area contributed by atoms with E-state index >= 15 is 0 Å². The van der Waals surface area contributed by atoms with Crippen molar-refractivity contribution in [3.8, 4) is 11.4 Å². The van der Waals surface area contributed by atoms with Crippen LogP contribution in [0.2, 0.25) is 0 Å². The molecule has 4 rings (SSSR count). The average molecular weight is 365 g/mol. The fourth-order valence-electron chi connectivity index (χ4n) is 3.24. The number of hydrogen-bond donors (Lipinski definition) is 0. The van der Waals surface area contributed by atoms with Crippen LogP contribution in [0, 0.1) is 0 Å². The van der Waals surface area contributed by atoms with E-state index in [4.69, 9.17) is 4.74 Å². The molecule has 142 valence electrons. The number of rotatable bonds is 4. The smallest absolute Gasteiger partial charge is 0.151 e. The number of aromatic nitrogens is 2. The number of piperidine rings is 1. The molecule has 0 spiro atoms. The van der Waals surface area contributed by atoms with Gasteiger partial charge in [0.2, 0.25) is 0 Å². The van der Waals surface area contributed by atoms with E-state index in [0.29, 0.717) is 12.2 Å². The number of nitrogens with zero attached hydrogens (tertiary/aromatic N) is 3. The zero-order valence-corrected chi connectivity index (χ0v) is 16.1. The van der Waals surface area contributed by atoms with Gasteiger partial charge in [-0.1, -0.05) is 6.42 Å². The molecule has 0 aliphatic carbocycles. The molecule has 1 saturated heterocycles. The molecule has 1 fully saturated rings. The van der Waals surface area contributed by atoms with Crippen LogP contribution >= 0.6 is 0 Å². The predicted molar refractivity (Wildman–Crippen MR) is 109 cm³/mol. The summed E-state index contributed by atoms with van der Waals surface area (Å²) in [5, 5.41) is 0.948. The summed E-state index contributed by atoms with van der Waals surface area (Å²) in [5.41, 5.74) is 2.43. The number of pyridine rings is 1. The molecule has 0 amide bonds. The summed E-state index contributed by atoms with van der Waals surface area (Å²) in [5.74, 6) is 0.851. The van der Waals surface area contributed by atoms with Crippen molar-refractivity contribution in [2.45, 2.75) is 26.2 Å². The Bertz CT molecular complexity index is 865. The van der Waals surface area contributed by atoms with Gasteiger partial charge in [-0.3, -0.25) is 4.79 Å². The maximum absolute atomic E-state index is 10.8. The lowest BCUT2D eigenvalue weighted by molar-refractivity contribution is 0.112. The summed E-state index contributed by atoms with van der Waals surface area (Å²) < 4.78 is 7.42. The van der Waals surface area contributed by atoms with Crippen LogP contribution in [0.25, 0.3) is 16.7 Å². The normalized spacial score (nSPS) is 14.4. The molecule has 0 bridgehead atoms. The molecule has 0 unspecified atom stereocenters. The van der Waals surface area contributed by atoms with E-state index in [2.05, 4.69) is 16.9 Å². The molecule has 1 aliphatic rings. The Morgan fingerprint density at radius 3 is 2.44 bits per heavy atom. The fraction of sp³-hybridized carbons (Fsp3) is 0.364. The zero-order valence-electron chi connectivity index (χ0n) is 16.1. The molecule has 5 nitrogen and oxygen atoms in total. The molecule has 1 aliphatic heterocycles. The highest BCUT2D eigenvalue weighted by molar-refractivity contribution is 5.85. The minimum absolute atomic E-state index is 0.585. The van der Waals surface area contributed by atoms with E-state index in [-0.39, 0.29) is 0 Å². The lowest BCUT2D eigenvalue weighted by Crippen LogP contribution is -2.24. The van der Waals surface area contributed by atoms with Crippen LogP contribution in [0.15, 0.2) is 48.8 Å². The number of ether oxygens (including phenoxy) is 1. The summed E-state index contributed by atoms with van der Waals surface area (Å²) >= 11 is 0. The molecular formula is C22H27N3O2. The van der Waals surface area contributed by atoms with Gasteiger partial charge in [-0.25, -0.2) is 4.98 Å². The summed E-state index contributed by atoms with van der Waals surface area (Å²) in [6.07, 6.45) is 8.61. The highest BCUT2D eigenvalue weighted by atomic mass is 16.5. The van der Waals surface area contributed by atoms with Gasteiger partial charge in [0.25, 0.3) is 0 Å². The Morgan fingerprint density at radius 1 is 1.11 bits per heavy atom. The van der Waals surface area contributed by atoms with Crippen molar-refractivity contribution in [1.29, 1.82) is 0 Å². The molecule has 3 heterocycles. The summed E-state index contributed by atoms with van der Waals surface area (Å²) in [6.45, 7) is 5.25. The van der Waals surface area contributed by atoms with Crippen molar-refractivity contribution in [3.63, 3.8) is 0 Å². The van der Waals surface area contributed by atoms with Crippen molar-refractivity contribution in [1.82, 2.24) is 14.5 Å². The molecule has 0 saturated carbocycles. The van der Waals surface area contributed by atoms with E-state index in [1.165, 1.54) is 32.4 Å². The second kappa shape index (κ2) is 9.33. The first-order chi connectivity index (χ1) is 13.2. The Hall–Kier alpha value is -2.66. The number of benzene rings is 1. The number of fused-ring (bicyclic) bond motifs is 1. The summed E-state index contributed by atoms with van der Waals surface area (Å²) in [6, 6.07) is 11.6. The first-order valence-corrected chi connectivity index (χ1v) is 9.55. The molecule has 27 heavy (non-hydrogen) atoms. The zero-order chi connectivity index (χ0) is 19.1. The van der Waals surface area contributed by atoms with Crippen molar-refractivity contribution >= 4 is 17.3 Å². The number of carbonyl (C=O) groups excluding carboxylic acids is 1. The van der Waals surface area contributed by atoms with Crippen molar-refractivity contribution in [3.05, 3.63) is 54.4 Å². The third kappa shape index (κ3) is 4.95. The fourth-order valence-corrected chi connectivity index (χ4v) is 3.24. The lowest BCUT2D eigenvalue weighted by atomic mass is 10.1. The number of likely N-dealkylation sites (tertiary alicyclic amines) is 1. The van der Waals surface area contributed by atoms with Crippen LogP contribution < -0.4 is 4.74 Å². The Labute approximate surface area is 160 Å². The van der Waals surface area contributed by atoms with Crippen molar-refractivity contribution in [2.75, 3.05) is 26.7 Å². The molecule has 3 aromatic rings. The van der Waals surface area contributed by atoms with Crippen molar-refractivity contribution in [2.24, 2.45) is 0 Å². The lowest BCUT2D eigenvalue weighted by Gasteiger charge is -2.20. The maximum atomic E-state index is 10.8. The van der Waals surface area contributed by atoms with Crippen LogP contribution in [0.4, 0.5) is 0 Å². The Balaban J connectivity index is 0.000000253. The number of carbonyl (C=O) groups is 1. The van der Waals surface area contributed by atoms with Gasteiger partial charge in [-0.05, 0) is 76.3 Å². The predicted octanol–water partition coefficient (Wildman–Crippen LogP) is 4.34. The topological polar surface area (TPSA) is 47.4 Å². The minimum Gasteiger partial charge on any atom is -0.494 e. The molecule has 2 aromatic heterocycles. The van der Waals surface area contributed by atoms with Crippen LogP contribution in [-0.4, -0.2) is 47.5 Å². The van der Waals surface area contributed by atoms with Gasteiger partial charge >= 0.3 is 0 Å². The SMILES string of the molecule is CCOc1ccc(-n2ccc3cc(C=O)cnc32)cc1.CN1CCCCC1. The van der Waals surface area contributed by atoms with E-state index in [0.717, 1.165) is 28.8 Å². The van der Waals surface area contributed by atoms with Crippen LogP contribution in [0.1, 0.15) is 36.5 Å². The monoisotopic (exact) mass is 365 g/mol. The van der Waals surface area contributed by atoms with Gasteiger partial charge in [0, 0.05) is 29.0 Å². The minimum atomic E-state index is 0.585. The summed E-state index contributed by atoms with van der Waals surface area (Å²) in [7, 11) is 2.19. The molecule has 0 atom stereocenters. The third-order valence-corrected chi connectivity index (χ3v) is 4.69. The van der Waals surface area contributed by atoms with Crippen LogP contribution in [0.3, 0.4) is 0 Å². The number of hydrogen-bond acceptors (Lipinski definition) is 4. The second-order valence-corrected chi connectivity index (χ2v) is 6.78. The molecular weight excluding hydrogens is 338 g/mol. The van der Waals surface area contributed by atoms with Crippen LogP contribution in [0.5, 0.6) is 5.75 Å². The first-order valence-electron chi connectivity index (χ1n) is 9.55. The van der Waals surface area contributed by atoms with E-state index in [9.17, 15) is 4.79 Å². The maximum Gasteiger partial charge on any atom is 0.151 e. The highest BCUT2D eigenvalue weighted by Gasteiger charge is 2.06. The quantitative estimate of drug-likeness (QED) is 0.645. The molecule has 0 radical (unpaired) electrons. The summed E-state index contributed by atoms with van der Waals surface area (Å²) in [4.78, 5) is 17.5. The van der Waals surface area contributed by atoms with Gasteiger partial charge in [0.1, 0.15) is 11.4 Å². The number of aldehydes is 1. The average Bonchev–Trinajstić information content (AvgIpc) is 3.13. The van der Waals surface area contributed by atoms with Gasteiger partial charge in [0.15, 0.2) is 6.29 Å². The van der Waals surface area contributed by atoms with Gasteiger partial charge in [0.05, 0.1) is 6.61 Å². The molecule has 5 heteroatoms. The van der Waals surface area contributed by atoms with E-state index in [1.54, 1.807) is 6.20 Å². The van der Waals surface area contributed by atoms with Crippen LogP contribution in [-0.2, 0) is 0 Å². The van der Waals surface area contributed by atoms with Crippen molar-refractivity contribution < 1.29 is 9.53 Å². The van der Waals surface area contributed by atoms with E-state index in [1.807, 2.05) is 54.1 Å². The van der Waals surface area contributed by atoms with E-state index < -0.39 is 0 Å². The Morgan fingerprint density at radius 2 is 1.85 bits per heavy atom. The first kappa shape index (κ1) is 19.1. The standard InChI is InChI=1S/C16H14N2O2.C6H13N/c1-2-20-15-5-3-14(4-6-15)18-8-7-13-9-12(11-19)10-17-16(13)18;1-7-5-3-2-4-6-7/h3-11H,2H2,1H3;2-6H2,1H3. The highest BCUT2D eigenvalue weighted by Crippen LogP contribution is 2.21. The van der Waals surface area contributed by atoms with Gasteiger partial charge in [-0.15, -0.1) is 0 Å². The van der Waals surface area contributed by atoms with Gasteiger partial charge < -0.3 is 14.2 Å².